The Labute approximate surface area is 158 Å². The molecule has 142 valence electrons. The Kier molecular flexibility index (Phi) is 5.13. The molecule has 1 saturated heterocycles. The van der Waals surface area contributed by atoms with Gasteiger partial charge in [-0.15, -0.1) is 0 Å². The summed E-state index contributed by atoms with van der Waals surface area (Å²) in [4.78, 5) is 23.0. The number of amides is 1. The van der Waals surface area contributed by atoms with Gasteiger partial charge in [0.1, 0.15) is 11.3 Å². The van der Waals surface area contributed by atoms with Gasteiger partial charge in [-0.2, -0.15) is 0 Å². The molecule has 1 aromatic carbocycles. The fourth-order valence-corrected chi connectivity index (χ4v) is 4.27. The van der Waals surface area contributed by atoms with E-state index >= 15 is 0 Å². The first-order chi connectivity index (χ1) is 13.1. The second kappa shape index (κ2) is 7.69. The molecule has 1 atom stereocenters. The summed E-state index contributed by atoms with van der Waals surface area (Å²) in [6.45, 7) is 3.32. The molecule has 1 fully saturated rings. The number of nitrogens with zero attached hydrogens (tertiary/aromatic N) is 4. The van der Waals surface area contributed by atoms with Crippen LogP contribution < -0.4 is 5.32 Å². The number of aromatic nitrogens is 3. The number of anilines is 1. The normalized spacial score (nSPS) is 18.1. The van der Waals surface area contributed by atoms with Gasteiger partial charge in [0.05, 0.1) is 16.9 Å². The van der Waals surface area contributed by atoms with Crippen LogP contribution in [0.2, 0.25) is 0 Å². The average molecular weight is 391 g/mol. The maximum Gasteiger partial charge on any atom is 0.230 e. The molecule has 0 aliphatic carbocycles. The molecule has 3 heterocycles. The molecule has 4 rings (SSSR count). The first-order valence-corrected chi connectivity index (χ1v) is 9.64. The van der Waals surface area contributed by atoms with Gasteiger partial charge in [0.2, 0.25) is 5.91 Å². The van der Waals surface area contributed by atoms with Crippen molar-refractivity contribution in [2.75, 3.05) is 25.0 Å². The van der Waals surface area contributed by atoms with Crippen molar-refractivity contribution in [2.45, 2.75) is 19.4 Å². The molecule has 1 aliphatic heterocycles. The van der Waals surface area contributed by atoms with Crippen LogP contribution in [0, 0.1) is 17.6 Å². The number of likely N-dealkylation sites (tertiary alicyclic amines) is 1. The topological polar surface area (TPSA) is 63.1 Å². The fourth-order valence-electron chi connectivity index (χ4n) is 3.37. The van der Waals surface area contributed by atoms with E-state index in [1.54, 1.807) is 12.5 Å². The second-order valence-corrected chi connectivity index (χ2v) is 7.71. The van der Waals surface area contributed by atoms with Gasteiger partial charge in [-0.1, -0.05) is 11.3 Å². The Morgan fingerprint density at radius 1 is 1.33 bits per heavy atom. The summed E-state index contributed by atoms with van der Waals surface area (Å²) >= 11 is 1.08. The number of nitrogens with one attached hydrogen (secondary N) is 1. The molecule has 0 saturated carbocycles. The zero-order chi connectivity index (χ0) is 18.8. The highest BCUT2D eigenvalue weighted by Crippen LogP contribution is 2.29. The smallest absolute Gasteiger partial charge is 0.230 e. The van der Waals surface area contributed by atoms with E-state index in [4.69, 9.17) is 0 Å². The van der Waals surface area contributed by atoms with Crippen molar-refractivity contribution in [1.82, 2.24) is 19.4 Å². The summed E-state index contributed by atoms with van der Waals surface area (Å²) in [6, 6.07) is 2.02. The number of fused-ring (bicyclic) bond motifs is 1. The van der Waals surface area contributed by atoms with Gasteiger partial charge in [-0.05, 0) is 25.5 Å². The SMILES string of the molecule is O=C(Nc1nc2c(F)cc(F)cc2s1)C1CCCN(CCn2ccnc2)C1. The van der Waals surface area contributed by atoms with Gasteiger partial charge < -0.3 is 14.8 Å². The lowest BCUT2D eigenvalue weighted by Crippen LogP contribution is -2.41. The van der Waals surface area contributed by atoms with Gasteiger partial charge >= 0.3 is 0 Å². The quantitative estimate of drug-likeness (QED) is 0.726. The average Bonchev–Trinajstić information content (AvgIpc) is 3.29. The first-order valence-electron chi connectivity index (χ1n) is 8.83. The van der Waals surface area contributed by atoms with Crippen LogP contribution in [0.25, 0.3) is 10.2 Å². The van der Waals surface area contributed by atoms with Gasteiger partial charge in [0.25, 0.3) is 0 Å². The summed E-state index contributed by atoms with van der Waals surface area (Å²) in [6.07, 6.45) is 7.20. The van der Waals surface area contributed by atoms with Gasteiger partial charge in [0, 0.05) is 38.1 Å². The van der Waals surface area contributed by atoms with Crippen LogP contribution in [0.15, 0.2) is 30.9 Å². The third-order valence-corrected chi connectivity index (χ3v) is 5.67. The summed E-state index contributed by atoms with van der Waals surface area (Å²) in [5, 5.41) is 3.08. The maximum atomic E-state index is 13.8. The lowest BCUT2D eigenvalue weighted by atomic mass is 9.97. The number of thiazole rings is 1. The molecule has 1 unspecified atom stereocenters. The van der Waals surface area contributed by atoms with Crippen LogP contribution in [-0.4, -0.2) is 45.0 Å². The number of hydrogen-bond donors (Lipinski definition) is 1. The van der Waals surface area contributed by atoms with Crippen molar-refractivity contribution in [1.29, 1.82) is 0 Å². The highest BCUT2D eigenvalue weighted by Gasteiger charge is 2.26. The predicted molar refractivity (Wildman–Crippen MR) is 99.6 cm³/mol. The van der Waals surface area contributed by atoms with Crippen molar-refractivity contribution in [3.63, 3.8) is 0 Å². The van der Waals surface area contributed by atoms with Crippen LogP contribution in [0.1, 0.15) is 12.8 Å². The lowest BCUT2D eigenvalue weighted by molar-refractivity contribution is -0.121. The summed E-state index contributed by atoms with van der Waals surface area (Å²) < 4.78 is 29.5. The number of hydrogen-bond acceptors (Lipinski definition) is 5. The molecule has 1 aliphatic rings. The van der Waals surface area contributed by atoms with E-state index in [2.05, 4.69) is 20.2 Å². The van der Waals surface area contributed by atoms with Crippen LogP contribution in [0.3, 0.4) is 0 Å². The van der Waals surface area contributed by atoms with E-state index in [9.17, 15) is 13.6 Å². The predicted octanol–water partition coefficient (Wildman–Crippen LogP) is 3.12. The Balaban J connectivity index is 1.38. The molecular weight excluding hydrogens is 372 g/mol. The van der Waals surface area contributed by atoms with E-state index in [1.165, 1.54) is 6.07 Å². The molecule has 3 aromatic rings. The number of rotatable bonds is 5. The highest BCUT2D eigenvalue weighted by molar-refractivity contribution is 7.22. The van der Waals surface area contributed by atoms with Crippen LogP contribution in [0.5, 0.6) is 0 Å². The maximum absolute atomic E-state index is 13.8. The second-order valence-electron chi connectivity index (χ2n) is 6.68. The van der Waals surface area contributed by atoms with E-state index in [0.717, 1.165) is 49.9 Å². The number of carbonyl (C=O) groups is 1. The third-order valence-electron chi connectivity index (χ3n) is 4.75. The van der Waals surface area contributed by atoms with Gasteiger partial charge in [-0.3, -0.25) is 4.79 Å². The first kappa shape index (κ1) is 18.0. The Morgan fingerprint density at radius 2 is 2.22 bits per heavy atom. The van der Waals surface area contributed by atoms with E-state index in [1.807, 2.05) is 10.8 Å². The van der Waals surface area contributed by atoms with Crippen LogP contribution in [0.4, 0.5) is 13.9 Å². The number of piperidine rings is 1. The fraction of sp³-hybridized carbons (Fsp3) is 0.389. The molecule has 9 heteroatoms. The van der Waals surface area contributed by atoms with Crippen molar-refractivity contribution < 1.29 is 13.6 Å². The monoisotopic (exact) mass is 391 g/mol. The van der Waals surface area contributed by atoms with Crippen LogP contribution >= 0.6 is 11.3 Å². The molecular formula is C18H19F2N5OS. The molecule has 0 radical (unpaired) electrons. The number of benzene rings is 1. The van der Waals surface area contributed by atoms with Crippen molar-refractivity contribution >= 4 is 32.6 Å². The van der Waals surface area contributed by atoms with Gasteiger partial charge in [-0.25, -0.2) is 18.7 Å². The zero-order valence-electron chi connectivity index (χ0n) is 14.6. The number of carbonyl (C=O) groups excluding carboxylic acids is 1. The third kappa shape index (κ3) is 4.14. The van der Waals surface area contributed by atoms with Crippen LogP contribution in [-0.2, 0) is 11.3 Å². The Morgan fingerprint density at radius 3 is 3.04 bits per heavy atom. The van der Waals surface area contributed by atoms with E-state index in [-0.39, 0.29) is 17.3 Å². The molecule has 0 spiro atoms. The van der Waals surface area contributed by atoms with Crippen molar-refractivity contribution in [3.05, 3.63) is 42.5 Å². The summed E-state index contributed by atoms with van der Waals surface area (Å²) in [5.74, 6) is -1.63. The summed E-state index contributed by atoms with van der Waals surface area (Å²) in [7, 11) is 0. The van der Waals surface area contributed by atoms with Crippen molar-refractivity contribution in [2.24, 2.45) is 5.92 Å². The minimum Gasteiger partial charge on any atom is -0.336 e. The Hall–Kier alpha value is -2.39. The zero-order valence-corrected chi connectivity index (χ0v) is 15.4. The highest BCUT2D eigenvalue weighted by atomic mass is 32.1. The van der Waals surface area contributed by atoms with E-state index < -0.39 is 11.6 Å². The molecule has 2 aromatic heterocycles. The summed E-state index contributed by atoms with van der Waals surface area (Å²) in [5.41, 5.74) is 0.0855. The minimum absolute atomic E-state index is 0.0855. The standard InChI is InChI=1S/C18H19F2N5OS/c19-13-8-14(20)16-15(9-13)27-18(22-16)23-17(26)12-2-1-4-24(10-12)6-7-25-5-3-21-11-25/h3,5,8-9,11-12H,1-2,4,6-7,10H2,(H,22,23,26). The number of halogens is 2. The lowest BCUT2D eigenvalue weighted by Gasteiger charge is -2.31. The molecule has 27 heavy (non-hydrogen) atoms. The molecule has 1 amide bonds. The molecule has 1 N–H and O–H groups in total. The molecule has 0 bridgehead atoms. The Bertz CT molecular complexity index is 943. The van der Waals surface area contributed by atoms with Gasteiger partial charge in [0.15, 0.2) is 10.9 Å². The van der Waals surface area contributed by atoms with Crippen molar-refractivity contribution in [3.8, 4) is 0 Å². The molecule has 6 nitrogen and oxygen atoms in total. The number of imidazole rings is 1. The van der Waals surface area contributed by atoms with E-state index in [0.29, 0.717) is 16.4 Å². The minimum atomic E-state index is -0.718. The largest absolute Gasteiger partial charge is 0.336 e.